The van der Waals surface area contributed by atoms with Gasteiger partial charge in [-0.25, -0.2) is 4.98 Å². The van der Waals surface area contributed by atoms with Crippen LogP contribution in [-0.2, 0) is 11.3 Å². The Hall–Kier alpha value is -1.65. The predicted octanol–water partition coefficient (Wildman–Crippen LogP) is 2.61. The van der Waals surface area contributed by atoms with Crippen molar-refractivity contribution in [2.24, 2.45) is 0 Å². The predicted molar refractivity (Wildman–Crippen MR) is 72.0 cm³/mol. The minimum absolute atomic E-state index is 0.0534. The number of hydrogen-bond donors (Lipinski definition) is 1. The van der Waals surface area contributed by atoms with Gasteiger partial charge in [0.25, 0.3) is 0 Å². The van der Waals surface area contributed by atoms with Gasteiger partial charge in [-0.1, -0.05) is 12.1 Å². The Kier molecular flexibility index (Phi) is 3.62. The Bertz CT molecular complexity index is 545. The van der Waals surface area contributed by atoms with E-state index in [4.69, 9.17) is 4.74 Å². The largest absolute Gasteiger partial charge is 0.392 e. The quantitative estimate of drug-likeness (QED) is 0.920. The number of aliphatic hydroxyl groups is 1. The Morgan fingerprint density at radius 2 is 2.32 bits per heavy atom. The van der Waals surface area contributed by atoms with Crippen LogP contribution in [0.25, 0.3) is 5.69 Å². The summed E-state index contributed by atoms with van der Waals surface area (Å²) in [6, 6.07) is 7.87. The number of nitrogens with zero attached hydrogens (tertiary/aromatic N) is 2. The topological polar surface area (TPSA) is 47.3 Å². The number of ether oxygens (including phenoxy) is 1. The van der Waals surface area contributed by atoms with Crippen LogP contribution >= 0.6 is 0 Å². The highest BCUT2D eigenvalue weighted by Crippen LogP contribution is 2.28. The molecule has 0 aliphatic carbocycles. The molecule has 2 heterocycles. The molecule has 0 amide bonds. The summed E-state index contributed by atoms with van der Waals surface area (Å²) in [6.45, 7) is 0.867. The average Bonchev–Trinajstić information content (AvgIpc) is 2.98. The maximum Gasteiger partial charge on any atom is 0.142 e. The Balaban J connectivity index is 1.94. The molecule has 1 atom stereocenters. The molecule has 1 aromatic carbocycles. The molecule has 2 aromatic rings. The molecule has 0 spiro atoms. The minimum Gasteiger partial charge on any atom is -0.392 e. The van der Waals surface area contributed by atoms with Crippen molar-refractivity contribution in [3.8, 4) is 5.69 Å². The molecule has 1 unspecified atom stereocenters. The van der Waals surface area contributed by atoms with Crippen molar-refractivity contribution < 1.29 is 9.84 Å². The minimum atomic E-state index is 0.0534. The van der Waals surface area contributed by atoms with Crippen molar-refractivity contribution in [1.29, 1.82) is 0 Å². The van der Waals surface area contributed by atoms with Gasteiger partial charge in [0.05, 0.1) is 6.61 Å². The number of aliphatic hydroxyl groups excluding tert-OH is 1. The van der Waals surface area contributed by atoms with Gasteiger partial charge in [0.2, 0.25) is 0 Å². The summed E-state index contributed by atoms with van der Waals surface area (Å²) in [5, 5.41) is 9.23. The molecule has 3 rings (SSSR count). The standard InChI is InChI=1S/C15H18N2O2/c18-11-12-4-3-5-13(10-12)17-8-7-16-15(17)14-6-1-2-9-19-14/h3-5,7-8,10,14,18H,1-2,6,9,11H2. The molecule has 100 valence electrons. The molecule has 1 N–H and O–H groups in total. The highest BCUT2D eigenvalue weighted by atomic mass is 16.5. The lowest BCUT2D eigenvalue weighted by molar-refractivity contribution is 0.00865. The van der Waals surface area contributed by atoms with E-state index in [1.54, 1.807) is 6.20 Å². The fraction of sp³-hybridized carbons (Fsp3) is 0.400. The van der Waals surface area contributed by atoms with Gasteiger partial charge in [-0.2, -0.15) is 0 Å². The smallest absolute Gasteiger partial charge is 0.142 e. The number of imidazole rings is 1. The SMILES string of the molecule is OCc1cccc(-n2ccnc2C2CCCCO2)c1. The first-order valence-electron chi connectivity index (χ1n) is 6.73. The third-order valence-electron chi connectivity index (χ3n) is 3.51. The summed E-state index contributed by atoms with van der Waals surface area (Å²) in [6.07, 6.45) is 7.19. The van der Waals surface area contributed by atoms with Crippen molar-refractivity contribution in [1.82, 2.24) is 9.55 Å². The maximum atomic E-state index is 9.23. The van der Waals surface area contributed by atoms with Crippen LogP contribution in [0, 0.1) is 0 Å². The lowest BCUT2D eigenvalue weighted by Crippen LogP contribution is -2.16. The summed E-state index contributed by atoms with van der Waals surface area (Å²) in [7, 11) is 0. The zero-order valence-electron chi connectivity index (χ0n) is 10.8. The molecular weight excluding hydrogens is 240 g/mol. The summed E-state index contributed by atoms with van der Waals surface area (Å²) in [5.41, 5.74) is 1.93. The van der Waals surface area contributed by atoms with E-state index in [0.717, 1.165) is 36.5 Å². The van der Waals surface area contributed by atoms with Crippen molar-refractivity contribution in [2.45, 2.75) is 32.0 Å². The molecule has 19 heavy (non-hydrogen) atoms. The molecular formula is C15H18N2O2. The van der Waals surface area contributed by atoms with Crippen LogP contribution in [0.1, 0.15) is 36.8 Å². The van der Waals surface area contributed by atoms with Crippen molar-refractivity contribution in [3.63, 3.8) is 0 Å². The van der Waals surface area contributed by atoms with E-state index in [1.807, 2.05) is 30.5 Å². The lowest BCUT2D eigenvalue weighted by atomic mass is 10.1. The maximum absolute atomic E-state index is 9.23. The second-order valence-corrected chi connectivity index (χ2v) is 4.84. The summed E-state index contributed by atoms with van der Waals surface area (Å²) in [5.74, 6) is 0.954. The van der Waals surface area contributed by atoms with E-state index in [9.17, 15) is 5.11 Å². The van der Waals surface area contributed by atoms with Crippen LogP contribution in [0.15, 0.2) is 36.7 Å². The fourth-order valence-electron chi connectivity index (χ4n) is 2.52. The monoisotopic (exact) mass is 258 g/mol. The van der Waals surface area contributed by atoms with Crippen LogP contribution < -0.4 is 0 Å². The van der Waals surface area contributed by atoms with Crippen LogP contribution in [0.5, 0.6) is 0 Å². The van der Waals surface area contributed by atoms with Crippen LogP contribution in [0.4, 0.5) is 0 Å². The molecule has 1 fully saturated rings. The van der Waals surface area contributed by atoms with Crippen LogP contribution in [0.3, 0.4) is 0 Å². The third-order valence-corrected chi connectivity index (χ3v) is 3.51. The van der Waals surface area contributed by atoms with Crippen molar-refractivity contribution in [3.05, 3.63) is 48.0 Å². The van der Waals surface area contributed by atoms with Gasteiger partial charge in [-0.15, -0.1) is 0 Å². The summed E-state index contributed by atoms with van der Waals surface area (Å²) < 4.78 is 7.86. The zero-order valence-corrected chi connectivity index (χ0v) is 10.8. The highest BCUT2D eigenvalue weighted by Gasteiger charge is 2.21. The Morgan fingerprint density at radius 1 is 1.37 bits per heavy atom. The first-order valence-corrected chi connectivity index (χ1v) is 6.73. The first kappa shape index (κ1) is 12.4. The van der Waals surface area contributed by atoms with Gasteiger partial charge in [-0.3, -0.25) is 0 Å². The number of rotatable bonds is 3. The summed E-state index contributed by atoms with van der Waals surface area (Å²) in [4.78, 5) is 4.45. The van der Waals surface area contributed by atoms with E-state index in [-0.39, 0.29) is 12.7 Å². The van der Waals surface area contributed by atoms with E-state index >= 15 is 0 Å². The lowest BCUT2D eigenvalue weighted by Gasteiger charge is -2.23. The second kappa shape index (κ2) is 5.55. The van der Waals surface area contributed by atoms with E-state index in [0.29, 0.717) is 0 Å². The zero-order chi connectivity index (χ0) is 13.1. The molecule has 0 saturated carbocycles. The molecule has 1 saturated heterocycles. The van der Waals surface area contributed by atoms with Crippen LogP contribution in [0.2, 0.25) is 0 Å². The molecule has 1 aliphatic rings. The first-order chi connectivity index (χ1) is 9.38. The van der Waals surface area contributed by atoms with Crippen molar-refractivity contribution in [2.75, 3.05) is 6.61 Å². The Labute approximate surface area is 112 Å². The molecule has 1 aromatic heterocycles. The molecule has 0 bridgehead atoms. The highest BCUT2D eigenvalue weighted by molar-refractivity contribution is 5.37. The number of hydrogen-bond acceptors (Lipinski definition) is 3. The van der Waals surface area contributed by atoms with Gasteiger partial charge >= 0.3 is 0 Å². The fourth-order valence-corrected chi connectivity index (χ4v) is 2.52. The van der Waals surface area contributed by atoms with E-state index < -0.39 is 0 Å². The molecule has 1 aliphatic heterocycles. The molecule has 0 radical (unpaired) electrons. The molecule has 4 nitrogen and oxygen atoms in total. The van der Waals surface area contributed by atoms with E-state index in [2.05, 4.69) is 9.55 Å². The number of benzene rings is 1. The van der Waals surface area contributed by atoms with Crippen LogP contribution in [-0.4, -0.2) is 21.3 Å². The number of aromatic nitrogens is 2. The third kappa shape index (κ3) is 2.55. The van der Waals surface area contributed by atoms with Gasteiger partial charge in [0.15, 0.2) is 0 Å². The average molecular weight is 258 g/mol. The van der Waals surface area contributed by atoms with Gasteiger partial charge in [-0.05, 0) is 37.0 Å². The second-order valence-electron chi connectivity index (χ2n) is 4.84. The van der Waals surface area contributed by atoms with Crippen molar-refractivity contribution >= 4 is 0 Å². The molecule has 4 heteroatoms. The van der Waals surface area contributed by atoms with Gasteiger partial charge in [0, 0.05) is 24.7 Å². The summed E-state index contributed by atoms with van der Waals surface area (Å²) >= 11 is 0. The van der Waals surface area contributed by atoms with E-state index in [1.165, 1.54) is 6.42 Å². The van der Waals surface area contributed by atoms with Gasteiger partial charge < -0.3 is 14.4 Å². The van der Waals surface area contributed by atoms with Gasteiger partial charge in [0.1, 0.15) is 11.9 Å². The normalized spacial score (nSPS) is 19.5. The Morgan fingerprint density at radius 3 is 3.11 bits per heavy atom.